The fourth-order valence-corrected chi connectivity index (χ4v) is 4.13. The Morgan fingerprint density at radius 1 is 1.22 bits per heavy atom. The molecule has 0 unspecified atom stereocenters. The minimum Gasteiger partial charge on any atom is -0.479 e. The van der Waals surface area contributed by atoms with Crippen LogP contribution >= 0.6 is 0 Å². The van der Waals surface area contributed by atoms with Gasteiger partial charge in [-0.25, -0.2) is 4.98 Å². The van der Waals surface area contributed by atoms with Crippen LogP contribution in [-0.4, -0.2) is 36.4 Å². The van der Waals surface area contributed by atoms with E-state index in [2.05, 4.69) is 4.98 Å². The number of benzene rings is 1. The average Bonchev–Trinajstić information content (AvgIpc) is 3.11. The normalized spacial score (nSPS) is 19.2. The van der Waals surface area contributed by atoms with Crippen molar-refractivity contribution in [3.63, 3.8) is 0 Å². The lowest BCUT2D eigenvalue weighted by Crippen LogP contribution is -2.26. The van der Waals surface area contributed by atoms with Gasteiger partial charge in [0.1, 0.15) is 11.8 Å². The number of aldehydes is 1. The van der Waals surface area contributed by atoms with Crippen molar-refractivity contribution in [2.45, 2.75) is 25.6 Å². The number of ether oxygens (including phenoxy) is 1. The molecule has 0 aliphatic heterocycles. The molecule has 0 radical (unpaired) electrons. The highest BCUT2D eigenvalue weighted by Gasteiger charge is 2.37. The van der Waals surface area contributed by atoms with Crippen LogP contribution in [0.5, 0.6) is 5.75 Å². The van der Waals surface area contributed by atoms with E-state index in [1.54, 1.807) is 29.7 Å². The number of aryl methyl sites for hydroxylation is 1. The molecule has 3 aromatic rings. The zero-order valence-corrected chi connectivity index (χ0v) is 15.6. The standard InChI is InChI=1S/C19H18N2O5S/c1-12-15(11-22)21-9-5-8-16(19(21)20-12)25-18-14-7-4-3-6-13(14)10-17(18)26-27(2,23)24/h3-9,11,17-18H,10H2,1-2H3/t17-,18-/m1/s1. The fourth-order valence-electron chi connectivity index (χ4n) is 3.52. The highest BCUT2D eigenvalue weighted by molar-refractivity contribution is 7.86. The molecule has 7 nitrogen and oxygen atoms in total. The molecule has 140 valence electrons. The molecule has 2 heterocycles. The third-order valence-corrected chi connectivity index (χ3v) is 5.22. The maximum Gasteiger partial charge on any atom is 0.264 e. The first-order chi connectivity index (χ1) is 12.9. The molecule has 8 heteroatoms. The van der Waals surface area contributed by atoms with Gasteiger partial charge in [-0.3, -0.25) is 13.4 Å². The molecule has 0 saturated carbocycles. The summed E-state index contributed by atoms with van der Waals surface area (Å²) in [5.41, 5.74) is 3.41. The van der Waals surface area contributed by atoms with Crippen LogP contribution < -0.4 is 4.74 Å². The van der Waals surface area contributed by atoms with Crippen molar-refractivity contribution in [3.8, 4) is 5.75 Å². The van der Waals surface area contributed by atoms with Gasteiger partial charge in [-0.1, -0.05) is 24.3 Å². The number of pyridine rings is 1. The van der Waals surface area contributed by atoms with E-state index in [1.807, 2.05) is 24.3 Å². The summed E-state index contributed by atoms with van der Waals surface area (Å²) in [5.74, 6) is 0.456. The van der Waals surface area contributed by atoms with Gasteiger partial charge in [0.05, 0.1) is 11.9 Å². The summed E-state index contributed by atoms with van der Waals surface area (Å²) in [4.78, 5) is 15.8. The maximum atomic E-state index is 11.7. The number of carbonyl (C=O) groups is 1. The SMILES string of the molecule is Cc1nc2c(O[C@@H]3c4ccccc4C[C@H]3OS(C)(=O)=O)cccn2c1C=O. The number of fused-ring (bicyclic) bond motifs is 2. The van der Waals surface area contributed by atoms with Crippen molar-refractivity contribution in [2.24, 2.45) is 0 Å². The van der Waals surface area contributed by atoms with Gasteiger partial charge >= 0.3 is 0 Å². The Morgan fingerprint density at radius 2 is 2.00 bits per heavy atom. The Kier molecular flexibility index (Phi) is 4.24. The minimum atomic E-state index is -3.65. The predicted octanol–water partition coefficient (Wildman–Crippen LogP) is 2.48. The van der Waals surface area contributed by atoms with E-state index < -0.39 is 22.3 Å². The highest BCUT2D eigenvalue weighted by atomic mass is 32.2. The molecule has 0 amide bonds. The van der Waals surface area contributed by atoms with Gasteiger partial charge in [0, 0.05) is 12.6 Å². The summed E-state index contributed by atoms with van der Waals surface area (Å²) in [7, 11) is -3.65. The van der Waals surface area contributed by atoms with E-state index in [4.69, 9.17) is 8.92 Å². The Morgan fingerprint density at radius 3 is 2.74 bits per heavy atom. The third-order valence-electron chi connectivity index (χ3n) is 4.62. The monoisotopic (exact) mass is 386 g/mol. The molecule has 0 bridgehead atoms. The fraction of sp³-hybridized carbons (Fsp3) is 0.263. The highest BCUT2D eigenvalue weighted by Crippen LogP contribution is 2.38. The Hall–Kier alpha value is -2.71. The molecule has 0 N–H and O–H groups in total. The molecule has 4 rings (SSSR count). The molecule has 0 saturated heterocycles. The van der Waals surface area contributed by atoms with E-state index in [0.29, 0.717) is 29.2 Å². The van der Waals surface area contributed by atoms with Crippen LogP contribution in [0.25, 0.3) is 5.65 Å². The zero-order valence-electron chi connectivity index (χ0n) is 14.8. The smallest absolute Gasteiger partial charge is 0.264 e. The second-order valence-corrected chi connectivity index (χ2v) is 8.15. The van der Waals surface area contributed by atoms with Crippen LogP contribution in [0.3, 0.4) is 0 Å². The van der Waals surface area contributed by atoms with Gasteiger partial charge in [-0.15, -0.1) is 0 Å². The van der Waals surface area contributed by atoms with E-state index in [0.717, 1.165) is 23.7 Å². The number of hydrogen-bond acceptors (Lipinski definition) is 6. The number of carbonyl (C=O) groups excluding carboxylic acids is 1. The van der Waals surface area contributed by atoms with Crippen molar-refractivity contribution < 1.29 is 22.1 Å². The lowest BCUT2D eigenvalue weighted by atomic mass is 10.1. The first-order valence-corrected chi connectivity index (χ1v) is 10.2. The van der Waals surface area contributed by atoms with Crippen LogP contribution in [0.1, 0.15) is 33.4 Å². The molecule has 1 aliphatic carbocycles. The molecule has 1 aliphatic rings. The van der Waals surface area contributed by atoms with Crippen molar-refractivity contribution >= 4 is 22.1 Å². The number of nitrogens with zero attached hydrogens (tertiary/aromatic N) is 2. The molecule has 0 spiro atoms. The van der Waals surface area contributed by atoms with Crippen LogP contribution in [-0.2, 0) is 20.7 Å². The van der Waals surface area contributed by atoms with Gasteiger partial charge in [-0.2, -0.15) is 8.42 Å². The zero-order chi connectivity index (χ0) is 19.2. The summed E-state index contributed by atoms with van der Waals surface area (Å²) in [5, 5.41) is 0. The van der Waals surface area contributed by atoms with Crippen molar-refractivity contribution in [2.75, 3.05) is 6.26 Å². The Balaban J connectivity index is 1.77. The first-order valence-electron chi connectivity index (χ1n) is 8.43. The average molecular weight is 386 g/mol. The second kappa shape index (κ2) is 6.47. The molecule has 0 fully saturated rings. The number of hydrogen-bond donors (Lipinski definition) is 0. The maximum absolute atomic E-state index is 11.7. The Bertz CT molecular complexity index is 1140. The van der Waals surface area contributed by atoms with Crippen LogP contribution in [0, 0.1) is 6.92 Å². The number of imidazole rings is 1. The van der Waals surface area contributed by atoms with Crippen molar-refractivity contribution in [1.82, 2.24) is 9.38 Å². The van der Waals surface area contributed by atoms with Crippen LogP contribution in [0.2, 0.25) is 0 Å². The molecule has 2 atom stereocenters. The largest absolute Gasteiger partial charge is 0.479 e. The topological polar surface area (TPSA) is 87.0 Å². The van der Waals surface area contributed by atoms with E-state index in [-0.39, 0.29) is 0 Å². The second-order valence-electron chi connectivity index (χ2n) is 6.55. The van der Waals surface area contributed by atoms with Gasteiger partial charge in [0.25, 0.3) is 10.1 Å². The molecular weight excluding hydrogens is 368 g/mol. The summed E-state index contributed by atoms with van der Waals surface area (Å²) >= 11 is 0. The summed E-state index contributed by atoms with van der Waals surface area (Å²) in [6, 6.07) is 11.1. The minimum absolute atomic E-state index is 0.435. The summed E-state index contributed by atoms with van der Waals surface area (Å²) in [6.45, 7) is 1.75. The predicted molar refractivity (Wildman–Crippen MR) is 98.5 cm³/mol. The Labute approximate surface area is 156 Å². The third kappa shape index (κ3) is 3.22. The van der Waals surface area contributed by atoms with E-state index >= 15 is 0 Å². The summed E-state index contributed by atoms with van der Waals surface area (Å²) < 4.78 is 36.6. The number of rotatable bonds is 5. The van der Waals surface area contributed by atoms with Gasteiger partial charge < -0.3 is 4.74 Å². The number of aromatic nitrogens is 2. The molecule has 27 heavy (non-hydrogen) atoms. The van der Waals surface area contributed by atoms with Crippen LogP contribution in [0.15, 0.2) is 42.6 Å². The van der Waals surface area contributed by atoms with Gasteiger partial charge in [0.2, 0.25) is 0 Å². The van der Waals surface area contributed by atoms with E-state index in [9.17, 15) is 13.2 Å². The molecular formula is C19H18N2O5S. The van der Waals surface area contributed by atoms with Crippen molar-refractivity contribution in [3.05, 3.63) is 65.1 Å². The quantitative estimate of drug-likeness (QED) is 0.495. The van der Waals surface area contributed by atoms with Gasteiger partial charge in [0.15, 0.2) is 23.8 Å². The molecule has 2 aromatic heterocycles. The lowest BCUT2D eigenvalue weighted by molar-refractivity contribution is 0.0733. The lowest BCUT2D eigenvalue weighted by Gasteiger charge is -2.21. The van der Waals surface area contributed by atoms with Crippen LogP contribution in [0.4, 0.5) is 0 Å². The first kappa shape index (κ1) is 17.7. The van der Waals surface area contributed by atoms with Crippen molar-refractivity contribution in [1.29, 1.82) is 0 Å². The van der Waals surface area contributed by atoms with Gasteiger partial charge in [-0.05, 0) is 30.2 Å². The molecule has 1 aromatic carbocycles. The summed E-state index contributed by atoms with van der Waals surface area (Å²) in [6.07, 6.45) is 2.68. The van der Waals surface area contributed by atoms with E-state index in [1.165, 1.54) is 0 Å².